The molecule has 0 aliphatic heterocycles. The van der Waals surface area contributed by atoms with Gasteiger partial charge in [-0.25, -0.2) is 0 Å². The predicted octanol–water partition coefficient (Wildman–Crippen LogP) is -0.246. The first-order valence-electron chi connectivity index (χ1n) is 1.45. The molecule has 0 unspecified atom stereocenters. The number of hydrogen-bond donors (Lipinski definition) is 1. The first-order valence-corrected chi connectivity index (χ1v) is 3.36. The Kier molecular flexibility index (Phi) is 2.00. The Labute approximate surface area is 32.9 Å². The lowest BCUT2D eigenvalue weighted by molar-refractivity contribution is 0.558. The number of nitrogens with one attached hydrogen (secondary N) is 1. The zero-order chi connectivity index (χ0) is 4.28. The van der Waals surface area contributed by atoms with Crippen LogP contribution in [0.5, 0.6) is 0 Å². The first kappa shape index (κ1) is 4.82. The second-order valence-electron chi connectivity index (χ2n) is 0.806. The summed E-state index contributed by atoms with van der Waals surface area (Å²) in [6.07, 6.45) is 0. The molecule has 0 spiro atoms. The molecule has 0 atom stereocenters. The molecule has 0 saturated heterocycles. The molecule has 0 aromatic carbocycles. The smallest absolute Gasteiger partial charge is 0.388 e. The van der Waals surface area contributed by atoms with E-state index >= 15 is 0 Å². The van der Waals surface area contributed by atoms with Gasteiger partial charge in [0.15, 0.2) is 0 Å². The molecule has 30 valence electrons. The lowest BCUT2D eigenvalue weighted by Crippen LogP contribution is -2.14. The van der Waals surface area contributed by atoms with Crippen molar-refractivity contribution in [3.05, 3.63) is 0 Å². The maximum Gasteiger partial charge on any atom is 0.388 e. The summed E-state index contributed by atoms with van der Waals surface area (Å²) < 4.78 is 9.89. The van der Waals surface area contributed by atoms with Crippen LogP contribution in [0.1, 0.15) is 0 Å². The highest BCUT2D eigenvalue weighted by Gasteiger charge is 1.79. The monoisotopic (exact) mass is 89.0 g/mol. The van der Waals surface area contributed by atoms with E-state index in [1.54, 1.807) is 13.6 Å². The Morgan fingerprint density at radius 2 is 2.00 bits per heavy atom. The highest BCUT2D eigenvalue weighted by Crippen LogP contribution is 1.43. The van der Waals surface area contributed by atoms with Crippen LogP contribution in [0.2, 0.25) is 6.55 Å². The average Bonchev–Trinajstić information content (AvgIpc) is 1.38. The van der Waals surface area contributed by atoms with Crippen molar-refractivity contribution in [1.29, 1.82) is 0 Å². The normalized spacial score (nSPS) is 6.80. The van der Waals surface area contributed by atoms with Gasteiger partial charge in [-0.05, 0) is 13.6 Å². The van der Waals surface area contributed by atoms with E-state index in [9.17, 15) is 4.46 Å². The van der Waals surface area contributed by atoms with Crippen molar-refractivity contribution in [3.8, 4) is 0 Å². The van der Waals surface area contributed by atoms with E-state index in [2.05, 4.69) is 4.98 Å². The minimum Gasteiger partial charge on any atom is -0.393 e. The van der Waals surface area contributed by atoms with E-state index in [1.165, 1.54) is 0 Å². The Balaban J connectivity index is 2.85. The zero-order valence-electron chi connectivity index (χ0n) is 3.41. The Morgan fingerprint density at radius 3 is 2.00 bits per heavy atom. The van der Waals surface area contributed by atoms with Crippen molar-refractivity contribution >= 4 is 8.84 Å². The van der Waals surface area contributed by atoms with Crippen LogP contribution >= 0.6 is 0 Å². The van der Waals surface area contributed by atoms with Crippen molar-refractivity contribution in [3.63, 3.8) is 0 Å². The third-order valence-corrected chi connectivity index (χ3v) is 1.06. The molecule has 2 nitrogen and oxygen atoms in total. The average molecular weight is 89.2 g/mol. The third-order valence-electron chi connectivity index (χ3n) is 0.352. The van der Waals surface area contributed by atoms with Crippen molar-refractivity contribution in [1.82, 2.24) is 4.98 Å². The van der Waals surface area contributed by atoms with Gasteiger partial charge in [-0.2, -0.15) is 0 Å². The summed E-state index contributed by atoms with van der Waals surface area (Å²) in [6.45, 7) is 1.66. The fourth-order valence-electron chi connectivity index (χ4n) is 0. The van der Waals surface area contributed by atoms with Crippen LogP contribution < -0.4 is 4.98 Å². The Morgan fingerprint density at radius 1 is 1.80 bits per heavy atom. The van der Waals surface area contributed by atoms with Gasteiger partial charge in [0, 0.05) is 0 Å². The van der Waals surface area contributed by atoms with Gasteiger partial charge in [0.2, 0.25) is 0 Å². The molecule has 0 aromatic heterocycles. The lowest BCUT2D eigenvalue weighted by atomic mass is 11.6. The van der Waals surface area contributed by atoms with Crippen molar-refractivity contribution < 1.29 is 4.46 Å². The molecular formula is C2H7NOSi. The predicted molar refractivity (Wildman–Crippen MR) is 21.4 cm³/mol. The van der Waals surface area contributed by atoms with E-state index in [0.29, 0.717) is 0 Å². The summed E-state index contributed by atoms with van der Waals surface area (Å²) in [5.41, 5.74) is 0. The Bertz CT molecular complexity index is 44.9. The second-order valence-corrected chi connectivity index (χ2v) is 2.42. The van der Waals surface area contributed by atoms with Gasteiger partial charge in [0.05, 0.1) is 0 Å². The van der Waals surface area contributed by atoms with Gasteiger partial charge in [-0.15, -0.1) is 0 Å². The quantitative estimate of drug-likeness (QED) is 0.449. The summed E-state index contributed by atoms with van der Waals surface area (Å²) >= 11 is 0. The van der Waals surface area contributed by atoms with Crippen molar-refractivity contribution in [2.45, 2.75) is 6.55 Å². The maximum absolute atomic E-state index is 9.89. The molecule has 3 heteroatoms. The Hall–Kier alpha value is -0.183. The van der Waals surface area contributed by atoms with Gasteiger partial charge in [0.25, 0.3) is 0 Å². The minimum atomic E-state index is -1.37. The number of hydrogen-bond acceptors (Lipinski definition) is 1. The molecule has 0 amide bonds. The molecule has 0 fully saturated rings. The SMILES string of the molecule is CN[Si](C)=O. The van der Waals surface area contributed by atoms with Crippen LogP contribution in [0.4, 0.5) is 0 Å². The fourth-order valence-corrected chi connectivity index (χ4v) is 0. The molecule has 0 heterocycles. The molecule has 0 bridgehead atoms. The summed E-state index contributed by atoms with van der Waals surface area (Å²) in [4.78, 5) is 2.57. The standard InChI is InChI=1S/C2H7NOSi/c1-3-5(2)4/h3H,1-2H3. The van der Waals surface area contributed by atoms with Crippen LogP contribution in [-0.4, -0.2) is 15.9 Å². The van der Waals surface area contributed by atoms with Gasteiger partial charge >= 0.3 is 8.84 Å². The van der Waals surface area contributed by atoms with Crippen LogP contribution in [-0.2, 0) is 4.46 Å². The maximum atomic E-state index is 9.89. The van der Waals surface area contributed by atoms with Crippen LogP contribution in [0, 0.1) is 0 Å². The molecule has 1 N–H and O–H groups in total. The summed E-state index contributed by atoms with van der Waals surface area (Å²) in [6, 6.07) is 0. The molecular weight excluding hydrogens is 82.1 g/mol. The molecule has 5 heavy (non-hydrogen) atoms. The van der Waals surface area contributed by atoms with Crippen molar-refractivity contribution in [2.24, 2.45) is 0 Å². The van der Waals surface area contributed by atoms with Gasteiger partial charge in [-0.3, -0.25) is 0 Å². The first-order chi connectivity index (χ1) is 2.27. The molecule has 0 aromatic rings. The molecule has 0 radical (unpaired) electrons. The van der Waals surface area contributed by atoms with Crippen LogP contribution in [0.3, 0.4) is 0 Å². The largest absolute Gasteiger partial charge is 0.393 e. The van der Waals surface area contributed by atoms with E-state index in [0.717, 1.165) is 0 Å². The van der Waals surface area contributed by atoms with Gasteiger partial charge in [-0.1, -0.05) is 0 Å². The fraction of sp³-hybridized carbons (Fsp3) is 1.00. The third kappa shape index (κ3) is 3.82. The van der Waals surface area contributed by atoms with Crippen molar-refractivity contribution in [2.75, 3.05) is 7.05 Å². The van der Waals surface area contributed by atoms with E-state index in [4.69, 9.17) is 0 Å². The summed E-state index contributed by atoms with van der Waals surface area (Å²) in [5.74, 6) is 0. The zero-order valence-corrected chi connectivity index (χ0v) is 4.41. The minimum absolute atomic E-state index is 1.37. The molecule has 0 saturated carbocycles. The van der Waals surface area contributed by atoms with E-state index in [-0.39, 0.29) is 0 Å². The van der Waals surface area contributed by atoms with E-state index < -0.39 is 8.84 Å². The summed E-state index contributed by atoms with van der Waals surface area (Å²) in [7, 11) is 0.308. The highest BCUT2D eigenvalue weighted by molar-refractivity contribution is 6.37. The van der Waals surface area contributed by atoms with Gasteiger partial charge < -0.3 is 9.44 Å². The molecule has 0 rings (SSSR count). The van der Waals surface area contributed by atoms with E-state index in [1.807, 2.05) is 0 Å². The van der Waals surface area contributed by atoms with Crippen LogP contribution in [0.15, 0.2) is 0 Å². The van der Waals surface area contributed by atoms with Gasteiger partial charge in [0.1, 0.15) is 0 Å². The summed E-state index contributed by atoms with van der Waals surface area (Å²) in [5, 5.41) is 0. The molecule has 0 aliphatic rings. The molecule has 0 aliphatic carbocycles. The highest BCUT2D eigenvalue weighted by atomic mass is 28.3. The van der Waals surface area contributed by atoms with Crippen LogP contribution in [0.25, 0.3) is 0 Å². The second kappa shape index (κ2) is 2.08. The number of rotatable bonds is 1. The lowest BCUT2D eigenvalue weighted by Gasteiger charge is -1.77. The topological polar surface area (TPSA) is 29.1 Å².